The molecule has 1 amide bonds. The van der Waals surface area contributed by atoms with Crippen molar-refractivity contribution in [1.82, 2.24) is 15.3 Å². The van der Waals surface area contributed by atoms with E-state index in [9.17, 15) is 13.6 Å². The predicted molar refractivity (Wildman–Crippen MR) is 94.8 cm³/mol. The number of anilines is 1. The van der Waals surface area contributed by atoms with Crippen LogP contribution in [0.5, 0.6) is 0 Å². The lowest BCUT2D eigenvalue weighted by molar-refractivity contribution is -0.121. The van der Waals surface area contributed by atoms with Gasteiger partial charge in [-0.25, -0.2) is 13.8 Å². The predicted octanol–water partition coefficient (Wildman–Crippen LogP) is 3.33. The molecule has 2 aliphatic rings. The minimum Gasteiger partial charge on any atom is -0.353 e. The Morgan fingerprint density at radius 3 is 2.69 bits per heavy atom. The molecule has 0 radical (unpaired) electrons. The maximum absolute atomic E-state index is 13.6. The molecule has 1 aromatic heterocycles. The topological polar surface area (TPSA) is 58.1 Å². The number of piperidine rings is 1. The largest absolute Gasteiger partial charge is 0.353 e. The minimum atomic E-state index is -0.914. The lowest BCUT2D eigenvalue weighted by Crippen LogP contribution is -2.62. The van der Waals surface area contributed by atoms with Crippen LogP contribution in [0.3, 0.4) is 0 Å². The SMILES string of the molecule is CCC(=O)NC1CCN(c2cnc3cc(F)c(F)cc3n2)C2(CCC2)C1. The molecule has 2 aromatic rings. The number of amides is 1. The van der Waals surface area contributed by atoms with Gasteiger partial charge in [0.2, 0.25) is 5.91 Å². The van der Waals surface area contributed by atoms with E-state index in [1.807, 2.05) is 6.92 Å². The maximum Gasteiger partial charge on any atom is 0.219 e. The van der Waals surface area contributed by atoms with Crippen molar-refractivity contribution >= 4 is 22.8 Å². The number of hydrogen-bond donors (Lipinski definition) is 1. The van der Waals surface area contributed by atoms with Crippen molar-refractivity contribution in [2.24, 2.45) is 0 Å². The van der Waals surface area contributed by atoms with Gasteiger partial charge < -0.3 is 10.2 Å². The first-order valence-electron chi connectivity index (χ1n) is 9.19. The van der Waals surface area contributed by atoms with Crippen molar-refractivity contribution in [3.63, 3.8) is 0 Å². The van der Waals surface area contributed by atoms with Gasteiger partial charge >= 0.3 is 0 Å². The molecule has 1 N–H and O–H groups in total. The molecule has 1 aliphatic carbocycles. The lowest BCUT2D eigenvalue weighted by atomic mass is 9.68. The van der Waals surface area contributed by atoms with Gasteiger partial charge in [0.25, 0.3) is 0 Å². The number of nitrogens with one attached hydrogen (secondary N) is 1. The number of fused-ring (bicyclic) bond motifs is 1. The molecule has 26 heavy (non-hydrogen) atoms. The number of carbonyl (C=O) groups excluding carboxylic acids is 1. The molecule has 1 saturated heterocycles. The molecule has 2 heterocycles. The first kappa shape index (κ1) is 17.1. The van der Waals surface area contributed by atoms with E-state index in [-0.39, 0.29) is 17.5 Å². The average Bonchev–Trinajstić information content (AvgIpc) is 2.61. The zero-order valence-corrected chi connectivity index (χ0v) is 14.8. The molecular formula is C19H22F2N4O. The number of nitrogens with zero attached hydrogens (tertiary/aromatic N) is 3. The van der Waals surface area contributed by atoms with Crippen molar-refractivity contribution in [1.29, 1.82) is 0 Å². The van der Waals surface area contributed by atoms with Crippen LogP contribution in [0.2, 0.25) is 0 Å². The van der Waals surface area contributed by atoms with Crippen LogP contribution in [0.1, 0.15) is 45.4 Å². The molecule has 1 saturated carbocycles. The normalized spacial score (nSPS) is 21.7. The van der Waals surface area contributed by atoms with Crippen molar-refractivity contribution in [2.75, 3.05) is 11.4 Å². The second-order valence-corrected chi connectivity index (χ2v) is 7.32. The van der Waals surface area contributed by atoms with Gasteiger partial charge in [0.15, 0.2) is 11.6 Å². The van der Waals surface area contributed by atoms with Gasteiger partial charge in [0, 0.05) is 36.7 Å². The van der Waals surface area contributed by atoms with Crippen LogP contribution in [0.25, 0.3) is 11.0 Å². The van der Waals surface area contributed by atoms with Crippen molar-refractivity contribution in [3.8, 4) is 0 Å². The summed E-state index contributed by atoms with van der Waals surface area (Å²) < 4.78 is 26.9. The molecule has 1 unspecified atom stereocenters. The minimum absolute atomic E-state index is 0.0229. The Balaban J connectivity index is 1.62. The van der Waals surface area contributed by atoms with Crippen LogP contribution < -0.4 is 10.2 Å². The van der Waals surface area contributed by atoms with Gasteiger partial charge in [0.1, 0.15) is 5.82 Å². The van der Waals surface area contributed by atoms with E-state index in [1.54, 1.807) is 6.20 Å². The standard InChI is InChI=1S/C19H22F2N4O/c1-2-18(26)23-12-4-7-25(19(10-12)5-3-6-19)17-11-22-15-8-13(20)14(21)9-16(15)24-17/h8-9,11-12H,2-7,10H2,1H3,(H,23,26). The third kappa shape index (κ3) is 2.89. The summed E-state index contributed by atoms with van der Waals surface area (Å²) in [5.41, 5.74) is 0.683. The van der Waals surface area contributed by atoms with Gasteiger partial charge in [-0.2, -0.15) is 0 Å². The zero-order valence-electron chi connectivity index (χ0n) is 14.8. The second-order valence-electron chi connectivity index (χ2n) is 7.32. The molecular weight excluding hydrogens is 338 g/mol. The molecule has 7 heteroatoms. The molecule has 138 valence electrons. The third-order valence-corrected chi connectivity index (χ3v) is 5.72. The molecule has 1 aromatic carbocycles. The Morgan fingerprint density at radius 2 is 2.04 bits per heavy atom. The number of halogens is 2. The van der Waals surface area contributed by atoms with E-state index < -0.39 is 11.6 Å². The van der Waals surface area contributed by atoms with Crippen LogP contribution in [-0.4, -0.2) is 34.0 Å². The number of hydrogen-bond acceptors (Lipinski definition) is 4. The number of aromatic nitrogens is 2. The van der Waals surface area contributed by atoms with Gasteiger partial charge in [-0.15, -0.1) is 0 Å². The summed E-state index contributed by atoms with van der Waals surface area (Å²) in [6.07, 6.45) is 7.09. The van der Waals surface area contributed by atoms with E-state index in [1.165, 1.54) is 0 Å². The van der Waals surface area contributed by atoms with Crippen molar-refractivity contribution in [2.45, 2.75) is 57.0 Å². The Morgan fingerprint density at radius 1 is 1.31 bits per heavy atom. The van der Waals surface area contributed by atoms with Crippen LogP contribution in [0.15, 0.2) is 18.3 Å². The van der Waals surface area contributed by atoms with Gasteiger partial charge in [0.05, 0.1) is 17.2 Å². The molecule has 5 nitrogen and oxygen atoms in total. The first-order chi connectivity index (χ1) is 12.5. The fourth-order valence-corrected chi connectivity index (χ4v) is 4.19. The first-order valence-corrected chi connectivity index (χ1v) is 9.19. The molecule has 1 spiro atoms. The van der Waals surface area contributed by atoms with E-state index in [4.69, 9.17) is 0 Å². The summed E-state index contributed by atoms with van der Waals surface area (Å²) in [4.78, 5) is 22.8. The quantitative estimate of drug-likeness (QED) is 0.912. The van der Waals surface area contributed by atoms with Crippen LogP contribution in [0.4, 0.5) is 14.6 Å². The third-order valence-electron chi connectivity index (χ3n) is 5.72. The molecule has 1 aliphatic heterocycles. The summed E-state index contributed by atoms with van der Waals surface area (Å²) in [6, 6.07) is 2.36. The molecule has 2 fully saturated rings. The average molecular weight is 360 g/mol. The van der Waals surface area contributed by atoms with Crippen molar-refractivity contribution < 1.29 is 13.6 Å². The summed E-state index contributed by atoms with van der Waals surface area (Å²) >= 11 is 0. The molecule has 4 rings (SSSR count). The van der Waals surface area contributed by atoms with Gasteiger partial charge in [-0.1, -0.05) is 6.92 Å². The lowest BCUT2D eigenvalue weighted by Gasteiger charge is -2.55. The monoisotopic (exact) mass is 360 g/mol. The summed E-state index contributed by atoms with van der Waals surface area (Å²) in [6.45, 7) is 2.62. The zero-order chi connectivity index (χ0) is 18.3. The Labute approximate surface area is 150 Å². The smallest absolute Gasteiger partial charge is 0.219 e. The van der Waals surface area contributed by atoms with Crippen LogP contribution in [0, 0.1) is 11.6 Å². The van der Waals surface area contributed by atoms with E-state index in [2.05, 4.69) is 20.2 Å². The number of carbonyl (C=O) groups is 1. The van der Waals surface area contributed by atoms with Gasteiger partial charge in [-0.05, 0) is 32.1 Å². The Hall–Kier alpha value is -2.31. The highest BCUT2D eigenvalue weighted by molar-refractivity contribution is 5.76. The Kier molecular flexibility index (Phi) is 4.25. The summed E-state index contributed by atoms with van der Waals surface area (Å²) in [7, 11) is 0. The maximum atomic E-state index is 13.6. The van der Waals surface area contributed by atoms with E-state index in [0.29, 0.717) is 23.3 Å². The number of benzene rings is 1. The fourth-order valence-electron chi connectivity index (χ4n) is 4.19. The second kappa shape index (κ2) is 6.45. The highest BCUT2D eigenvalue weighted by Gasteiger charge is 2.47. The summed E-state index contributed by atoms with van der Waals surface area (Å²) in [5, 5.41) is 3.11. The highest BCUT2D eigenvalue weighted by Crippen LogP contribution is 2.46. The molecule has 1 atom stereocenters. The highest BCUT2D eigenvalue weighted by atomic mass is 19.2. The van der Waals surface area contributed by atoms with Crippen LogP contribution in [-0.2, 0) is 4.79 Å². The summed E-state index contributed by atoms with van der Waals surface area (Å²) in [5.74, 6) is -1.05. The van der Waals surface area contributed by atoms with Crippen molar-refractivity contribution in [3.05, 3.63) is 30.0 Å². The fraction of sp³-hybridized carbons (Fsp3) is 0.526. The number of rotatable bonds is 3. The van der Waals surface area contributed by atoms with Gasteiger partial charge in [-0.3, -0.25) is 9.78 Å². The van der Waals surface area contributed by atoms with E-state index in [0.717, 1.165) is 50.8 Å². The van der Waals surface area contributed by atoms with Crippen LogP contribution >= 0.6 is 0 Å². The Bertz CT molecular complexity index is 853. The molecule has 0 bridgehead atoms. The van der Waals surface area contributed by atoms with E-state index >= 15 is 0 Å².